The second-order valence-electron chi connectivity index (χ2n) is 7.10. The third-order valence-corrected chi connectivity index (χ3v) is 6.43. The lowest BCUT2D eigenvalue weighted by Gasteiger charge is -2.34. The van der Waals surface area contributed by atoms with E-state index in [0.717, 1.165) is 0 Å². The molecule has 0 aliphatic rings. The van der Waals surface area contributed by atoms with E-state index in [0.29, 0.717) is 11.4 Å². The molecule has 0 saturated carbocycles. The summed E-state index contributed by atoms with van der Waals surface area (Å²) in [6.45, 7) is 9.83. The molecule has 26 heavy (non-hydrogen) atoms. The Kier molecular flexibility index (Phi) is 6.59. The first-order chi connectivity index (χ1) is 11.7. The van der Waals surface area contributed by atoms with E-state index >= 15 is 0 Å². The molecule has 1 aromatic heterocycles. The predicted octanol–water partition coefficient (Wildman–Crippen LogP) is 0.709. The topological polar surface area (TPSA) is 130 Å². The van der Waals surface area contributed by atoms with Crippen molar-refractivity contribution in [2.45, 2.75) is 64.4 Å². The number of carbonyl (C=O) groups excluding carboxylic acids is 1. The Balaban J connectivity index is 3.00. The van der Waals surface area contributed by atoms with Gasteiger partial charge in [-0.2, -0.15) is 9.82 Å². The molecule has 0 aliphatic heterocycles. The summed E-state index contributed by atoms with van der Waals surface area (Å²) in [7, 11) is -2.32. The molecule has 0 fully saturated rings. The molecule has 1 heterocycles. The van der Waals surface area contributed by atoms with Crippen LogP contribution in [0.15, 0.2) is 4.90 Å². The summed E-state index contributed by atoms with van der Waals surface area (Å²) in [6, 6.07) is -1.08. The Morgan fingerprint density at radius 3 is 2.19 bits per heavy atom. The van der Waals surface area contributed by atoms with Crippen LogP contribution in [0.5, 0.6) is 0 Å². The van der Waals surface area contributed by atoms with Crippen LogP contribution in [0, 0.1) is 19.8 Å². The third kappa shape index (κ3) is 4.82. The largest absolute Gasteiger partial charge is 0.481 e. The fourth-order valence-electron chi connectivity index (χ4n) is 2.58. The Labute approximate surface area is 154 Å². The molecule has 10 heteroatoms. The molecule has 9 nitrogen and oxygen atoms in total. The molecule has 0 saturated heterocycles. The van der Waals surface area contributed by atoms with Gasteiger partial charge in [0.25, 0.3) is 0 Å². The van der Waals surface area contributed by atoms with Crippen molar-refractivity contribution in [1.82, 2.24) is 19.8 Å². The Hall–Kier alpha value is -1.94. The molecular formula is C16H28N4O5S. The van der Waals surface area contributed by atoms with Crippen LogP contribution in [0.25, 0.3) is 0 Å². The zero-order chi connectivity index (χ0) is 20.4. The van der Waals surface area contributed by atoms with Gasteiger partial charge < -0.3 is 10.4 Å². The summed E-state index contributed by atoms with van der Waals surface area (Å²) in [6.07, 6.45) is -0.267. The van der Waals surface area contributed by atoms with Crippen molar-refractivity contribution in [3.05, 3.63) is 11.4 Å². The highest BCUT2D eigenvalue weighted by molar-refractivity contribution is 7.89. The van der Waals surface area contributed by atoms with Crippen molar-refractivity contribution in [3.63, 3.8) is 0 Å². The van der Waals surface area contributed by atoms with Gasteiger partial charge in [-0.25, -0.2) is 8.42 Å². The van der Waals surface area contributed by atoms with Crippen LogP contribution in [0.4, 0.5) is 0 Å². The Morgan fingerprint density at radius 1 is 1.27 bits per heavy atom. The number of nitrogens with zero attached hydrogens (tertiary/aromatic N) is 2. The smallest absolute Gasteiger partial charge is 0.305 e. The van der Waals surface area contributed by atoms with Gasteiger partial charge in [-0.15, -0.1) is 0 Å². The van der Waals surface area contributed by atoms with Gasteiger partial charge in [0.05, 0.1) is 29.4 Å². The van der Waals surface area contributed by atoms with Gasteiger partial charge in [0.1, 0.15) is 4.90 Å². The van der Waals surface area contributed by atoms with Crippen molar-refractivity contribution >= 4 is 21.9 Å². The van der Waals surface area contributed by atoms with Crippen LogP contribution < -0.4 is 10.0 Å². The van der Waals surface area contributed by atoms with E-state index in [1.165, 1.54) is 11.6 Å². The number of hydrogen-bond donors (Lipinski definition) is 3. The number of hydrogen-bond acceptors (Lipinski definition) is 5. The number of nitrogens with one attached hydrogen (secondary N) is 2. The van der Waals surface area contributed by atoms with Crippen molar-refractivity contribution in [1.29, 1.82) is 0 Å². The van der Waals surface area contributed by atoms with E-state index in [1.54, 1.807) is 41.7 Å². The number of aromatic nitrogens is 2. The number of carbonyl (C=O) groups is 2. The lowest BCUT2D eigenvalue weighted by Crippen LogP contribution is -2.56. The molecule has 0 aliphatic carbocycles. The third-order valence-electron chi connectivity index (χ3n) is 4.64. The van der Waals surface area contributed by atoms with E-state index in [2.05, 4.69) is 15.1 Å². The van der Waals surface area contributed by atoms with Gasteiger partial charge in [0.2, 0.25) is 15.9 Å². The number of sulfonamides is 1. The monoisotopic (exact) mass is 388 g/mol. The highest BCUT2D eigenvalue weighted by Crippen LogP contribution is 2.22. The summed E-state index contributed by atoms with van der Waals surface area (Å²) in [4.78, 5) is 23.6. The fraction of sp³-hybridized carbons (Fsp3) is 0.688. The lowest BCUT2D eigenvalue weighted by molar-refractivity contribution is -0.139. The molecule has 1 aromatic rings. The van der Waals surface area contributed by atoms with E-state index in [1.807, 2.05) is 0 Å². The van der Waals surface area contributed by atoms with Gasteiger partial charge in [0, 0.05) is 7.05 Å². The molecule has 0 aromatic carbocycles. The number of aliphatic carboxylic acids is 1. The summed E-state index contributed by atoms with van der Waals surface area (Å²) in [5, 5.41) is 15.8. The summed E-state index contributed by atoms with van der Waals surface area (Å²) in [5.74, 6) is -1.80. The van der Waals surface area contributed by atoms with E-state index in [9.17, 15) is 18.0 Å². The van der Waals surface area contributed by atoms with Crippen LogP contribution in [0.2, 0.25) is 0 Å². The molecule has 1 rings (SSSR count). The number of carboxylic acids is 1. The van der Waals surface area contributed by atoms with Crippen molar-refractivity contribution in [2.75, 3.05) is 0 Å². The number of rotatable bonds is 8. The second-order valence-corrected chi connectivity index (χ2v) is 8.75. The maximum absolute atomic E-state index is 12.6. The van der Waals surface area contributed by atoms with Crippen LogP contribution in [-0.4, -0.2) is 46.8 Å². The first kappa shape index (κ1) is 22.1. The van der Waals surface area contributed by atoms with E-state index in [-0.39, 0.29) is 17.2 Å². The van der Waals surface area contributed by atoms with E-state index < -0.39 is 33.5 Å². The molecule has 3 N–H and O–H groups in total. The average Bonchev–Trinajstić information content (AvgIpc) is 2.70. The number of aryl methyl sites for hydroxylation is 2. The molecule has 2 atom stereocenters. The van der Waals surface area contributed by atoms with Crippen LogP contribution in [0.1, 0.15) is 45.5 Å². The van der Waals surface area contributed by atoms with Crippen molar-refractivity contribution in [2.24, 2.45) is 13.0 Å². The highest BCUT2D eigenvalue weighted by Gasteiger charge is 2.35. The molecule has 2 unspecified atom stereocenters. The molecule has 1 amide bonds. The standard InChI is InChI=1S/C16H28N4O5S/c1-9(2)16(6,8-13(21)22)17-15(23)11(4)19-26(24,25)14-10(3)18-20(7)12(14)5/h9,11,19H,8H2,1-7H3,(H,17,23)(H,21,22). The highest BCUT2D eigenvalue weighted by atomic mass is 32.2. The lowest BCUT2D eigenvalue weighted by atomic mass is 9.85. The van der Waals surface area contributed by atoms with Gasteiger partial charge in [-0.3, -0.25) is 14.3 Å². The van der Waals surface area contributed by atoms with E-state index in [4.69, 9.17) is 5.11 Å². The Bertz CT molecular complexity index is 800. The average molecular weight is 388 g/mol. The van der Waals surface area contributed by atoms with Crippen LogP contribution in [-0.2, 0) is 26.7 Å². The molecule has 148 valence electrons. The number of carboxylic acid groups (broad SMARTS) is 1. The van der Waals surface area contributed by atoms with Gasteiger partial charge in [0.15, 0.2) is 0 Å². The zero-order valence-corrected chi connectivity index (χ0v) is 17.1. The first-order valence-electron chi connectivity index (χ1n) is 8.27. The minimum absolute atomic E-state index is 0.0387. The maximum Gasteiger partial charge on any atom is 0.305 e. The van der Waals surface area contributed by atoms with Crippen molar-refractivity contribution in [3.8, 4) is 0 Å². The molecule has 0 spiro atoms. The second kappa shape index (κ2) is 7.75. The molecular weight excluding hydrogens is 360 g/mol. The minimum atomic E-state index is -3.95. The SMILES string of the molecule is Cc1nn(C)c(C)c1S(=O)(=O)NC(C)C(=O)NC(C)(CC(=O)O)C(C)C. The fourth-order valence-corrected chi connectivity index (χ4v) is 4.23. The predicted molar refractivity (Wildman–Crippen MR) is 96.1 cm³/mol. The van der Waals surface area contributed by atoms with Crippen LogP contribution in [0.3, 0.4) is 0 Å². The summed E-state index contributed by atoms with van der Waals surface area (Å²) in [5.41, 5.74) is -0.202. The molecule has 0 radical (unpaired) electrons. The Morgan fingerprint density at radius 2 is 1.81 bits per heavy atom. The zero-order valence-electron chi connectivity index (χ0n) is 16.2. The minimum Gasteiger partial charge on any atom is -0.481 e. The quantitative estimate of drug-likeness (QED) is 0.601. The number of amides is 1. The first-order valence-corrected chi connectivity index (χ1v) is 9.76. The normalized spacial score (nSPS) is 15.5. The van der Waals surface area contributed by atoms with Crippen LogP contribution >= 0.6 is 0 Å². The maximum atomic E-state index is 12.6. The van der Waals surface area contributed by atoms with Gasteiger partial charge >= 0.3 is 5.97 Å². The van der Waals surface area contributed by atoms with Gasteiger partial charge in [-0.05, 0) is 33.6 Å². The molecule has 0 bridgehead atoms. The summed E-state index contributed by atoms with van der Waals surface area (Å²) >= 11 is 0. The van der Waals surface area contributed by atoms with Gasteiger partial charge in [-0.1, -0.05) is 13.8 Å². The van der Waals surface area contributed by atoms with Crippen molar-refractivity contribution < 1.29 is 23.1 Å². The summed E-state index contributed by atoms with van der Waals surface area (Å²) < 4.78 is 29.1.